The van der Waals surface area contributed by atoms with Crippen molar-refractivity contribution in [3.63, 3.8) is 0 Å². The van der Waals surface area contributed by atoms with Gasteiger partial charge in [0.25, 0.3) is 5.69 Å². The number of para-hydroxylation sites is 1. The maximum atomic E-state index is 12.6. The highest BCUT2D eigenvalue weighted by atomic mass is 16.6. The van der Waals surface area contributed by atoms with Gasteiger partial charge in [0.05, 0.1) is 20.3 Å². The van der Waals surface area contributed by atoms with Crippen LogP contribution in [0.5, 0.6) is 0 Å². The van der Waals surface area contributed by atoms with Crippen LogP contribution in [0.3, 0.4) is 0 Å². The summed E-state index contributed by atoms with van der Waals surface area (Å²) in [6, 6.07) is 6.42. The van der Waals surface area contributed by atoms with Crippen molar-refractivity contribution >= 4 is 29.1 Å². The lowest BCUT2D eigenvalue weighted by Gasteiger charge is -2.05. The lowest BCUT2D eigenvalue weighted by molar-refractivity contribution is -0.422. The van der Waals surface area contributed by atoms with E-state index in [-0.39, 0.29) is 6.29 Å². The van der Waals surface area contributed by atoms with Crippen LogP contribution in [0.1, 0.15) is 26.3 Å². The molecule has 0 aromatic heterocycles. The van der Waals surface area contributed by atoms with Crippen molar-refractivity contribution < 1.29 is 24.4 Å². The molecule has 0 N–H and O–H groups in total. The third-order valence-electron chi connectivity index (χ3n) is 3.26. The van der Waals surface area contributed by atoms with Crippen molar-refractivity contribution in [1.29, 1.82) is 0 Å². The second-order valence-corrected chi connectivity index (χ2v) is 4.64. The summed E-state index contributed by atoms with van der Waals surface area (Å²) >= 11 is 0. The zero-order chi connectivity index (χ0) is 18.7. The Morgan fingerprint density at radius 3 is 1.92 bits per heavy atom. The lowest BCUT2D eigenvalue weighted by atomic mass is 9.97. The Balaban J connectivity index is 2.80. The highest BCUT2D eigenvalue weighted by molar-refractivity contribution is 6.15. The Bertz CT molecular complexity index is 938. The van der Waals surface area contributed by atoms with Crippen molar-refractivity contribution in [2.24, 2.45) is 0 Å². The standard InChI is InChI=1S/C14H7N3O8/c18-7-8-5-6-10(13(17(24)25)12(8)16(22)23)14(19)9-3-1-2-4-11(9)15(20)21/h1-7H. The van der Waals surface area contributed by atoms with E-state index in [1.165, 1.54) is 12.1 Å². The highest BCUT2D eigenvalue weighted by Crippen LogP contribution is 2.35. The van der Waals surface area contributed by atoms with Crippen LogP contribution in [0.2, 0.25) is 0 Å². The summed E-state index contributed by atoms with van der Waals surface area (Å²) in [4.78, 5) is 53.7. The van der Waals surface area contributed by atoms with E-state index < -0.39 is 54.3 Å². The molecule has 0 atom stereocenters. The number of rotatable bonds is 6. The zero-order valence-corrected chi connectivity index (χ0v) is 12.1. The maximum Gasteiger partial charge on any atom is 0.357 e. The molecule has 0 aliphatic heterocycles. The number of aldehydes is 1. The van der Waals surface area contributed by atoms with E-state index in [9.17, 15) is 39.9 Å². The molecule has 0 heterocycles. The molecule has 11 heteroatoms. The Labute approximate surface area is 138 Å². The topological polar surface area (TPSA) is 164 Å². The minimum absolute atomic E-state index is 0.0460. The predicted octanol–water partition coefficient (Wildman–Crippen LogP) is 2.45. The average Bonchev–Trinajstić information content (AvgIpc) is 2.59. The van der Waals surface area contributed by atoms with Gasteiger partial charge in [-0.25, -0.2) is 0 Å². The van der Waals surface area contributed by atoms with Gasteiger partial charge in [0.2, 0.25) is 5.78 Å². The van der Waals surface area contributed by atoms with Gasteiger partial charge in [-0.05, 0) is 18.2 Å². The van der Waals surface area contributed by atoms with E-state index in [0.717, 1.165) is 24.3 Å². The van der Waals surface area contributed by atoms with Gasteiger partial charge in [0, 0.05) is 6.07 Å². The van der Waals surface area contributed by atoms with Gasteiger partial charge >= 0.3 is 11.4 Å². The molecule has 0 saturated heterocycles. The molecule has 0 saturated carbocycles. The molecule has 2 rings (SSSR count). The molecule has 0 aliphatic rings. The van der Waals surface area contributed by atoms with Crippen LogP contribution >= 0.6 is 0 Å². The largest absolute Gasteiger partial charge is 0.357 e. The third kappa shape index (κ3) is 3.06. The summed E-state index contributed by atoms with van der Waals surface area (Å²) in [6.45, 7) is 0. The maximum absolute atomic E-state index is 12.6. The lowest BCUT2D eigenvalue weighted by Crippen LogP contribution is -2.11. The number of nitrogens with zero attached hydrogens (tertiary/aromatic N) is 3. The van der Waals surface area contributed by atoms with Crippen LogP contribution in [0.4, 0.5) is 17.1 Å². The number of carbonyl (C=O) groups excluding carboxylic acids is 2. The minimum Gasteiger partial charge on any atom is -0.298 e. The van der Waals surface area contributed by atoms with Crippen molar-refractivity contribution in [2.45, 2.75) is 0 Å². The normalized spacial score (nSPS) is 10.1. The smallest absolute Gasteiger partial charge is 0.298 e. The highest BCUT2D eigenvalue weighted by Gasteiger charge is 2.36. The fourth-order valence-electron chi connectivity index (χ4n) is 2.22. The first-order chi connectivity index (χ1) is 11.8. The third-order valence-corrected chi connectivity index (χ3v) is 3.26. The molecule has 0 fully saturated rings. The van der Waals surface area contributed by atoms with Crippen LogP contribution in [-0.2, 0) is 0 Å². The van der Waals surface area contributed by atoms with Crippen LogP contribution in [-0.4, -0.2) is 26.8 Å². The molecular weight excluding hydrogens is 338 g/mol. The van der Waals surface area contributed by atoms with Crippen LogP contribution in [0.15, 0.2) is 36.4 Å². The second kappa shape index (κ2) is 6.62. The Kier molecular flexibility index (Phi) is 4.59. The summed E-state index contributed by atoms with van der Waals surface area (Å²) < 4.78 is 0. The number of hydrogen-bond acceptors (Lipinski definition) is 8. The van der Waals surface area contributed by atoms with E-state index in [2.05, 4.69) is 0 Å². The van der Waals surface area contributed by atoms with Crippen molar-refractivity contribution in [1.82, 2.24) is 0 Å². The van der Waals surface area contributed by atoms with E-state index >= 15 is 0 Å². The van der Waals surface area contributed by atoms with Crippen molar-refractivity contribution in [3.8, 4) is 0 Å². The summed E-state index contributed by atoms with van der Waals surface area (Å²) in [5.41, 5.74) is -4.73. The molecule has 2 aromatic rings. The Hall–Kier alpha value is -4.02. The molecule has 0 spiro atoms. The van der Waals surface area contributed by atoms with Crippen LogP contribution < -0.4 is 0 Å². The summed E-state index contributed by atoms with van der Waals surface area (Å²) in [6.07, 6.45) is 0.0460. The van der Waals surface area contributed by atoms with Crippen molar-refractivity contribution in [2.75, 3.05) is 0 Å². The fraction of sp³-hybridized carbons (Fsp3) is 0. The predicted molar refractivity (Wildman–Crippen MR) is 81.7 cm³/mol. The molecule has 0 aliphatic carbocycles. The van der Waals surface area contributed by atoms with Crippen LogP contribution in [0, 0.1) is 30.3 Å². The van der Waals surface area contributed by atoms with Gasteiger partial charge in [0.1, 0.15) is 11.1 Å². The van der Waals surface area contributed by atoms with Crippen molar-refractivity contribution in [3.05, 3.63) is 83.4 Å². The van der Waals surface area contributed by atoms with Gasteiger partial charge in [-0.1, -0.05) is 12.1 Å². The first-order valence-corrected chi connectivity index (χ1v) is 6.48. The van der Waals surface area contributed by atoms with Crippen LogP contribution in [0.25, 0.3) is 0 Å². The Morgan fingerprint density at radius 2 is 1.40 bits per heavy atom. The Morgan fingerprint density at radius 1 is 0.800 bits per heavy atom. The molecule has 0 amide bonds. The quantitative estimate of drug-likeness (QED) is 0.333. The number of nitro groups is 3. The summed E-state index contributed by atoms with van der Waals surface area (Å²) in [5.74, 6) is -1.14. The second-order valence-electron chi connectivity index (χ2n) is 4.64. The molecule has 0 unspecified atom stereocenters. The number of ketones is 1. The average molecular weight is 345 g/mol. The molecular formula is C14H7N3O8. The summed E-state index contributed by atoms with van der Waals surface area (Å²) in [5, 5.41) is 33.4. The molecule has 0 bridgehead atoms. The number of nitro benzene ring substituents is 3. The first-order valence-electron chi connectivity index (χ1n) is 6.48. The monoisotopic (exact) mass is 345 g/mol. The summed E-state index contributed by atoms with van der Waals surface area (Å²) in [7, 11) is 0. The van der Waals surface area contributed by atoms with E-state index in [1.54, 1.807) is 0 Å². The number of benzene rings is 2. The van der Waals surface area contributed by atoms with E-state index in [1.807, 2.05) is 0 Å². The molecule has 126 valence electrons. The number of hydrogen-bond donors (Lipinski definition) is 0. The molecule has 0 radical (unpaired) electrons. The molecule has 25 heavy (non-hydrogen) atoms. The molecule has 2 aromatic carbocycles. The van der Waals surface area contributed by atoms with E-state index in [0.29, 0.717) is 0 Å². The van der Waals surface area contributed by atoms with Gasteiger partial charge in [-0.3, -0.25) is 39.9 Å². The number of carbonyl (C=O) groups is 2. The minimum atomic E-state index is -1.20. The zero-order valence-electron chi connectivity index (χ0n) is 12.1. The van der Waals surface area contributed by atoms with Gasteiger partial charge in [-0.2, -0.15) is 0 Å². The SMILES string of the molecule is O=Cc1ccc(C(=O)c2ccccc2[N+](=O)[O-])c([N+](=O)[O-])c1[N+](=O)[O-]. The molecule has 11 nitrogen and oxygen atoms in total. The first kappa shape index (κ1) is 17.3. The van der Waals surface area contributed by atoms with Gasteiger partial charge in [0.15, 0.2) is 6.29 Å². The van der Waals surface area contributed by atoms with E-state index in [4.69, 9.17) is 0 Å². The van der Waals surface area contributed by atoms with Gasteiger partial charge in [-0.15, -0.1) is 0 Å². The fourth-order valence-corrected chi connectivity index (χ4v) is 2.22. The van der Waals surface area contributed by atoms with Gasteiger partial charge < -0.3 is 0 Å².